The molecule has 0 unspecified atom stereocenters. The SMILES string of the molecule is CCC(C)(CC)Oc1ccc2ccc(Oc3ccc(C(=O)c4ccc(C(C)(CC)CC)c(S(=O)(=O)O)c4)cc3S(=O)(=O)O)cc2c1. The Labute approximate surface area is 271 Å². The average molecular weight is 669 g/mol. The molecule has 0 fully saturated rings. The smallest absolute Gasteiger partial charge is 0.298 e. The van der Waals surface area contributed by atoms with Crippen molar-refractivity contribution in [1.29, 1.82) is 0 Å². The van der Waals surface area contributed by atoms with Gasteiger partial charge < -0.3 is 9.47 Å². The molecule has 4 rings (SSSR count). The molecular formula is C35H40O9S2. The van der Waals surface area contributed by atoms with Gasteiger partial charge in [-0.1, -0.05) is 58.9 Å². The molecule has 0 radical (unpaired) electrons. The lowest BCUT2D eigenvalue weighted by atomic mass is 9.77. The average Bonchev–Trinajstić information content (AvgIpc) is 3.02. The molecule has 0 saturated heterocycles. The van der Waals surface area contributed by atoms with E-state index >= 15 is 0 Å². The molecule has 0 atom stereocenters. The molecule has 0 saturated carbocycles. The normalized spacial score (nSPS) is 12.7. The van der Waals surface area contributed by atoms with Crippen molar-refractivity contribution in [3.63, 3.8) is 0 Å². The summed E-state index contributed by atoms with van der Waals surface area (Å²) < 4.78 is 81.8. The molecule has 0 bridgehead atoms. The molecule has 0 aliphatic rings. The summed E-state index contributed by atoms with van der Waals surface area (Å²) in [5.41, 5.74) is -0.758. The number of hydrogen-bond donors (Lipinski definition) is 2. The molecule has 11 heteroatoms. The van der Waals surface area contributed by atoms with Crippen LogP contribution in [0.5, 0.6) is 17.2 Å². The van der Waals surface area contributed by atoms with Crippen molar-refractivity contribution in [2.45, 2.75) is 88.0 Å². The van der Waals surface area contributed by atoms with Gasteiger partial charge in [-0.2, -0.15) is 16.8 Å². The van der Waals surface area contributed by atoms with Crippen LogP contribution in [0.3, 0.4) is 0 Å². The van der Waals surface area contributed by atoms with Gasteiger partial charge in [0, 0.05) is 11.1 Å². The molecule has 9 nitrogen and oxygen atoms in total. The predicted molar refractivity (Wildman–Crippen MR) is 178 cm³/mol. The van der Waals surface area contributed by atoms with Crippen LogP contribution in [0.15, 0.2) is 82.6 Å². The quantitative estimate of drug-likeness (QED) is 0.106. The maximum Gasteiger partial charge on any atom is 0.298 e. The van der Waals surface area contributed by atoms with Crippen LogP contribution in [0.1, 0.15) is 88.7 Å². The van der Waals surface area contributed by atoms with Crippen LogP contribution in [0.4, 0.5) is 0 Å². The molecule has 0 spiro atoms. The van der Waals surface area contributed by atoms with Gasteiger partial charge in [0.2, 0.25) is 0 Å². The lowest BCUT2D eigenvalue weighted by molar-refractivity contribution is 0.0805. The first kappa shape index (κ1) is 35.1. The minimum absolute atomic E-state index is 0.0873. The Kier molecular flexibility index (Phi) is 10.0. The fraction of sp³-hybridized carbons (Fsp3) is 0.343. The Morgan fingerprint density at radius 3 is 1.72 bits per heavy atom. The van der Waals surface area contributed by atoms with E-state index in [4.69, 9.17) is 9.47 Å². The van der Waals surface area contributed by atoms with E-state index in [1.807, 2.05) is 45.9 Å². The number of ketones is 1. The van der Waals surface area contributed by atoms with Crippen LogP contribution >= 0.6 is 0 Å². The molecule has 4 aromatic carbocycles. The highest BCUT2D eigenvalue weighted by Gasteiger charge is 2.31. The van der Waals surface area contributed by atoms with Gasteiger partial charge in [0.15, 0.2) is 5.78 Å². The van der Waals surface area contributed by atoms with E-state index in [1.54, 1.807) is 18.2 Å². The first-order chi connectivity index (χ1) is 21.5. The van der Waals surface area contributed by atoms with Gasteiger partial charge in [-0.3, -0.25) is 13.9 Å². The summed E-state index contributed by atoms with van der Waals surface area (Å²) in [6, 6.07) is 18.4. The van der Waals surface area contributed by atoms with E-state index in [-0.39, 0.29) is 28.2 Å². The summed E-state index contributed by atoms with van der Waals surface area (Å²) in [5, 5.41) is 1.68. The van der Waals surface area contributed by atoms with E-state index in [9.17, 15) is 30.7 Å². The Balaban J connectivity index is 1.72. The summed E-state index contributed by atoms with van der Waals surface area (Å²) >= 11 is 0. The zero-order valence-corrected chi connectivity index (χ0v) is 28.5. The number of carbonyl (C=O) groups excluding carboxylic acids is 1. The topological polar surface area (TPSA) is 144 Å². The predicted octanol–water partition coefficient (Wildman–Crippen LogP) is 8.39. The fourth-order valence-corrected chi connectivity index (χ4v) is 6.75. The number of fused-ring (bicyclic) bond motifs is 1. The van der Waals surface area contributed by atoms with Crippen LogP contribution < -0.4 is 9.47 Å². The van der Waals surface area contributed by atoms with E-state index < -0.39 is 41.2 Å². The van der Waals surface area contributed by atoms with Crippen LogP contribution in [-0.2, 0) is 25.7 Å². The van der Waals surface area contributed by atoms with Gasteiger partial charge in [0.05, 0.1) is 4.90 Å². The zero-order valence-electron chi connectivity index (χ0n) is 26.8. The fourth-order valence-electron chi connectivity index (χ4n) is 5.24. The van der Waals surface area contributed by atoms with Crippen molar-refractivity contribution in [2.75, 3.05) is 0 Å². The Hall–Kier alpha value is -3.77. The van der Waals surface area contributed by atoms with Crippen molar-refractivity contribution in [3.05, 3.63) is 89.5 Å². The van der Waals surface area contributed by atoms with E-state index in [0.29, 0.717) is 24.2 Å². The number of carbonyl (C=O) groups is 1. The third-order valence-electron chi connectivity index (χ3n) is 9.09. The largest absolute Gasteiger partial charge is 0.488 e. The Bertz CT molecular complexity index is 1990. The molecule has 0 aromatic heterocycles. The van der Waals surface area contributed by atoms with Gasteiger partial charge in [0.1, 0.15) is 27.7 Å². The van der Waals surface area contributed by atoms with Crippen LogP contribution in [0.2, 0.25) is 0 Å². The molecule has 46 heavy (non-hydrogen) atoms. The lowest BCUT2D eigenvalue weighted by Gasteiger charge is -2.29. The number of ether oxygens (including phenoxy) is 2. The van der Waals surface area contributed by atoms with Gasteiger partial charge in [-0.15, -0.1) is 0 Å². The third kappa shape index (κ3) is 7.44. The summed E-state index contributed by atoms with van der Waals surface area (Å²) in [5.74, 6) is 0.0279. The number of hydrogen-bond acceptors (Lipinski definition) is 7. The highest BCUT2D eigenvalue weighted by Crippen LogP contribution is 2.37. The van der Waals surface area contributed by atoms with E-state index in [2.05, 4.69) is 13.8 Å². The van der Waals surface area contributed by atoms with Crippen molar-refractivity contribution < 1.29 is 40.2 Å². The van der Waals surface area contributed by atoms with Crippen molar-refractivity contribution in [1.82, 2.24) is 0 Å². The highest BCUT2D eigenvalue weighted by atomic mass is 32.2. The zero-order chi connectivity index (χ0) is 34.1. The van der Waals surface area contributed by atoms with Gasteiger partial charge in [0.25, 0.3) is 20.2 Å². The highest BCUT2D eigenvalue weighted by molar-refractivity contribution is 7.86. The minimum atomic E-state index is -4.86. The van der Waals surface area contributed by atoms with Gasteiger partial charge in [-0.25, -0.2) is 0 Å². The van der Waals surface area contributed by atoms with Crippen molar-refractivity contribution >= 4 is 36.8 Å². The molecule has 4 aromatic rings. The van der Waals surface area contributed by atoms with E-state index in [0.717, 1.165) is 35.7 Å². The summed E-state index contributed by atoms with van der Waals surface area (Å²) in [6.07, 6.45) is 2.82. The van der Waals surface area contributed by atoms with Gasteiger partial charge in [-0.05, 0) is 103 Å². The molecular weight excluding hydrogens is 629 g/mol. The van der Waals surface area contributed by atoms with Crippen molar-refractivity contribution in [3.8, 4) is 17.2 Å². The first-order valence-electron chi connectivity index (χ1n) is 15.2. The maximum absolute atomic E-state index is 13.5. The monoisotopic (exact) mass is 668 g/mol. The molecule has 246 valence electrons. The first-order valence-corrected chi connectivity index (χ1v) is 18.0. The Morgan fingerprint density at radius 2 is 1.17 bits per heavy atom. The molecule has 0 aliphatic heterocycles. The summed E-state index contributed by atoms with van der Waals surface area (Å²) in [6.45, 7) is 11.8. The standard InChI is InChI=1S/C35H40O9S2/c1-7-34(5,8-2)29-17-13-24(21-31(29)45(37,38)39)33(36)25-14-18-30(32(22-25)46(40,41)42)43-27-15-11-23-12-16-28(20-26(23)19-27)44-35(6,9-3)10-4/h11-22H,7-10H2,1-6H3,(H,37,38,39)(H,40,41,42). The summed E-state index contributed by atoms with van der Waals surface area (Å²) in [4.78, 5) is 12.5. The molecule has 0 aliphatic carbocycles. The molecule has 0 heterocycles. The second kappa shape index (κ2) is 13.2. The van der Waals surface area contributed by atoms with Crippen molar-refractivity contribution in [2.24, 2.45) is 0 Å². The second-order valence-corrected chi connectivity index (χ2v) is 14.7. The summed E-state index contributed by atoms with van der Waals surface area (Å²) in [7, 11) is -9.56. The molecule has 2 N–H and O–H groups in total. The van der Waals surface area contributed by atoms with E-state index in [1.165, 1.54) is 24.3 Å². The Morgan fingerprint density at radius 1 is 0.652 bits per heavy atom. The minimum Gasteiger partial charge on any atom is -0.488 e. The van der Waals surface area contributed by atoms with Crippen LogP contribution in [0, 0.1) is 0 Å². The lowest BCUT2D eigenvalue weighted by Crippen LogP contribution is -2.30. The third-order valence-corrected chi connectivity index (χ3v) is 10.9. The second-order valence-electron chi connectivity index (χ2n) is 12.0. The maximum atomic E-state index is 13.5. The number of rotatable bonds is 13. The van der Waals surface area contributed by atoms with Gasteiger partial charge >= 0.3 is 0 Å². The molecule has 0 amide bonds. The van der Waals surface area contributed by atoms with Crippen LogP contribution in [-0.4, -0.2) is 37.3 Å². The van der Waals surface area contributed by atoms with Crippen LogP contribution in [0.25, 0.3) is 10.8 Å². The number of benzene rings is 4.